The van der Waals surface area contributed by atoms with Gasteiger partial charge >= 0.3 is 0 Å². The Labute approximate surface area is 134 Å². The maximum atomic E-state index is 12.4. The van der Waals surface area contributed by atoms with Crippen LogP contribution in [0.2, 0.25) is 0 Å². The molecule has 1 aliphatic heterocycles. The first-order chi connectivity index (χ1) is 11.2. The Morgan fingerprint density at radius 1 is 1.52 bits per heavy atom. The molecule has 0 fully saturated rings. The highest BCUT2D eigenvalue weighted by Crippen LogP contribution is 2.34. The minimum absolute atomic E-state index is 0.0693. The monoisotopic (exact) mass is 310 g/mol. The normalized spacial score (nSPS) is 17.7. The van der Waals surface area contributed by atoms with Crippen LogP contribution in [0.25, 0.3) is 5.95 Å². The number of fused-ring (bicyclic) bond motifs is 1. The number of nitrogens with zero attached hydrogens (tertiary/aromatic N) is 5. The molecule has 23 heavy (non-hydrogen) atoms. The average Bonchev–Trinajstić information content (AvgIpc) is 3.10. The zero-order valence-electron chi connectivity index (χ0n) is 13.1. The van der Waals surface area contributed by atoms with Crippen LogP contribution >= 0.6 is 0 Å². The molecule has 2 aromatic rings. The summed E-state index contributed by atoms with van der Waals surface area (Å²) >= 11 is 0. The van der Waals surface area contributed by atoms with E-state index in [1.54, 1.807) is 35.6 Å². The fourth-order valence-corrected chi connectivity index (χ4v) is 2.64. The van der Waals surface area contributed by atoms with E-state index in [9.17, 15) is 4.79 Å². The number of allylic oxidation sites excluding steroid dienone is 2. The van der Waals surface area contributed by atoms with Crippen molar-refractivity contribution in [3.63, 3.8) is 0 Å². The molecule has 3 rings (SSSR count). The van der Waals surface area contributed by atoms with E-state index in [1.807, 2.05) is 24.8 Å². The minimum Gasteiger partial charge on any atom is -0.320 e. The molecule has 0 bridgehead atoms. The molecule has 0 saturated carbocycles. The maximum absolute atomic E-state index is 12.4. The predicted octanol–water partition coefficient (Wildman–Crippen LogP) is 2.29. The molecule has 2 aromatic heterocycles. The molecule has 0 aromatic carbocycles. The van der Waals surface area contributed by atoms with Gasteiger partial charge in [-0.2, -0.15) is 4.98 Å². The van der Waals surface area contributed by atoms with Gasteiger partial charge in [0, 0.05) is 18.1 Å². The molecular weight excluding hydrogens is 292 g/mol. The molecule has 1 aliphatic rings. The first-order valence-corrected chi connectivity index (χ1v) is 7.43. The fraction of sp³-hybridized carbons (Fsp3) is 0.250. The number of anilines is 2. The highest BCUT2D eigenvalue weighted by molar-refractivity contribution is 6.03. The number of amides is 1. The fourth-order valence-electron chi connectivity index (χ4n) is 2.64. The number of hydrogen-bond acceptors (Lipinski definition) is 5. The zero-order valence-corrected chi connectivity index (χ0v) is 13.1. The third-order valence-electron chi connectivity index (χ3n) is 3.76. The molecular formula is C16H18N6O. The van der Waals surface area contributed by atoms with Gasteiger partial charge in [0.2, 0.25) is 11.9 Å². The summed E-state index contributed by atoms with van der Waals surface area (Å²) in [5.41, 5.74) is 1.42. The molecule has 7 nitrogen and oxygen atoms in total. The summed E-state index contributed by atoms with van der Waals surface area (Å²) in [6.07, 6.45) is 11.0. The molecule has 0 radical (unpaired) electrons. The lowest BCUT2D eigenvalue weighted by molar-refractivity contribution is -0.117. The number of aromatic nitrogens is 4. The summed E-state index contributed by atoms with van der Waals surface area (Å²) in [6.45, 7) is 7.73. The second-order valence-electron chi connectivity index (χ2n) is 5.08. The van der Waals surface area contributed by atoms with Crippen molar-refractivity contribution in [3.8, 4) is 5.95 Å². The molecule has 0 spiro atoms. The summed E-state index contributed by atoms with van der Waals surface area (Å²) in [5.74, 6) is 1.08. The van der Waals surface area contributed by atoms with Crippen LogP contribution in [0.4, 0.5) is 11.5 Å². The predicted molar refractivity (Wildman–Crippen MR) is 88.3 cm³/mol. The third-order valence-corrected chi connectivity index (χ3v) is 3.76. The number of nitrogens with one attached hydrogen (secondary N) is 1. The van der Waals surface area contributed by atoms with Gasteiger partial charge in [0.15, 0.2) is 5.82 Å². The SMILES string of the molecule is C=C/C(=C\C)N1c2nc(-n3ccnc3)ncc2NC(=O)C1CC. The topological polar surface area (TPSA) is 75.9 Å². The van der Waals surface area contributed by atoms with E-state index in [0.29, 0.717) is 23.9 Å². The van der Waals surface area contributed by atoms with Crippen molar-refractivity contribution < 1.29 is 4.79 Å². The van der Waals surface area contributed by atoms with E-state index in [4.69, 9.17) is 0 Å². The third kappa shape index (κ3) is 2.50. The van der Waals surface area contributed by atoms with Gasteiger partial charge in [0.05, 0.1) is 6.20 Å². The number of hydrogen-bond donors (Lipinski definition) is 1. The van der Waals surface area contributed by atoms with Gasteiger partial charge in [-0.1, -0.05) is 19.6 Å². The van der Waals surface area contributed by atoms with Gasteiger partial charge in [-0.25, -0.2) is 9.97 Å². The van der Waals surface area contributed by atoms with E-state index in [0.717, 1.165) is 5.70 Å². The Morgan fingerprint density at radius 2 is 2.35 bits per heavy atom. The van der Waals surface area contributed by atoms with Crippen LogP contribution in [0.5, 0.6) is 0 Å². The lowest BCUT2D eigenvalue weighted by atomic mass is 10.1. The Balaban J connectivity index is 2.16. The van der Waals surface area contributed by atoms with Crippen molar-refractivity contribution in [2.75, 3.05) is 10.2 Å². The zero-order chi connectivity index (χ0) is 16.4. The largest absolute Gasteiger partial charge is 0.320 e. The molecule has 1 amide bonds. The Bertz CT molecular complexity index is 765. The van der Waals surface area contributed by atoms with Crippen molar-refractivity contribution in [1.82, 2.24) is 19.5 Å². The van der Waals surface area contributed by atoms with E-state index in [2.05, 4.69) is 26.8 Å². The lowest BCUT2D eigenvalue weighted by Gasteiger charge is -2.37. The first-order valence-electron chi connectivity index (χ1n) is 7.43. The van der Waals surface area contributed by atoms with E-state index < -0.39 is 0 Å². The molecule has 1 unspecified atom stereocenters. The summed E-state index contributed by atoms with van der Waals surface area (Å²) in [5, 5.41) is 2.87. The highest BCUT2D eigenvalue weighted by Gasteiger charge is 2.34. The molecule has 1 N–H and O–H groups in total. The van der Waals surface area contributed by atoms with Gasteiger partial charge in [-0.3, -0.25) is 9.36 Å². The van der Waals surface area contributed by atoms with Crippen molar-refractivity contribution in [3.05, 3.63) is 49.3 Å². The second-order valence-corrected chi connectivity index (χ2v) is 5.08. The van der Waals surface area contributed by atoms with Crippen LogP contribution in [0.15, 0.2) is 49.3 Å². The lowest BCUT2D eigenvalue weighted by Crippen LogP contribution is -2.47. The molecule has 7 heteroatoms. The van der Waals surface area contributed by atoms with Gasteiger partial charge in [0.25, 0.3) is 0 Å². The maximum Gasteiger partial charge on any atom is 0.247 e. The van der Waals surface area contributed by atoms with Gasteiger partial charge in [-0.15, -0.1) is 0 Å². The smallest absolute Gasteiger partial charge is 0.247 e. The minimum atomic E-state index is -0.336. The van der Waals surface area contributed by atoms with Crippen LogP contribution < -0.4 is 10.2 Å². The quantitative estimate of drug-likeness (QED) is 0.877. The highest BCUT2D eigenvalue weighted by atomic mass is 16.2. The Kier molecular flexibility index (Phi) is 3.92. The molecule has 1 atom stereocenters. The van der Waals surface area contributed by atoms with Gasteiger partial charge < -0.3 is 10.2 Å². The van der Waals surface area contributed by atoms with Crippen LogP contribution in [0, 0.1) is 0 Å². The summed E-state index contributed by atoms with van der Waals surface area (Å²) in [6, 6.07) is -0.336. The first kappa shape index (κ1) is 15.0. The average molecular weight is 310 g/mol. The van der Waals surface area contributed by atoms with Crippen molar-refractivity contribution in [2.45, 2.75) is 26.3 Å². The van der Waals surface area contributed by atoms with Crippen molar-refractivity contribution in [2.24, 2.45) is 0 Å². The molecule has 118 valence electrons. The summed E-state index contributed by atoms with van der Waals surface area (Å²) < 4.78 is 1.72. The number of carbonyl (C=O) groups excluding carboxylic acids is 1. The Morgan fingerprint density at radius 3 is 2.96 bits per heavy atom. The van der Waals surface area contributed by atoms with Crippen molar-refractivity contribution in [1.29, 1.82) is 0 Å². The van der Waals surface area contributed by atoms with Crippen LogP contribution in [0.1, 0.15) is 20.3 Å². The number of imidazole rings is 1. The molecule has 0 saturated heterocycles. The van der Waals surface area contributed by atoms with E-state index in [-0.39, 0.29) is 11.9 Å². The van der Waals surface area contributed by atoms with Gasteiger partial charge in [-0.05, 0) is 19.4 Å². The Hall–Kier alpha value is -2.96. The van der Waals surface area contributed by atoms with Crippen LogP contribution in [-0.2, 0) is 4.79 Å². The number of carbonyl (C=O) groups is 1. The van der Waals surface area contributed by atoms with E-state index >= 15 is 0 Å². The summed E-state index contributed by atoms with van der Waals surface area (Å²) in [7, 11) is 0. The van der Waals surface area contributed by atoms with E-state index in [1.165, 1.54) is 0 Å². The van der Waals surface area contributed by atoms with Crippen LogP contribution in [0.3, 0.4) is 0 Å². The second kappa shape index (κ2) is 6.04. The number of rotatable bonds is 4. The molecule has 3 heterocycles. The van der Waals surface area contributed by atoms with Gasteiger partial charge in [0.1, 0.15) is 18.1 Å². The standard InChI is InChI=1S/C16H18N6O/c1-4-11(5-2)22-13(6-3)15(23)19-12-9-18-16(20-14(12)22)21-8-7-17-10-21/h4-5,7-10,13H,1,6H2,2-3H3,(H,19,23)/b11-5+. The van der Waals surface area contributed by atoms with Crippen molar-refractivity contribution >= 4 is 17.4 Å². The molecule has 0 aliphatic carbocycles. The summed E-state index contributed by atoms with van der Waals surface area (Å²) in [4.78, 5) is 27.2. The van der Waals surface area contributed by atoms with Crippen LogP contribution in [-0.4, -0.2) is 31.5 Å².